The Morgan fingerprint density at radius 2 is 1.88 bits per heavy atom. The number of ether oxygens (including phenoxy) is 2. The number of nitrogens with two attached hydrogens (primary N) is 1. The first kappa shape index (κ1) is 45.1. The first-order valence-corrected chi connectivity index (χ1v) is 27.8. The lowest BCUT2D eigenvalue weighted by Gasteiger charge is -2.49. The van der Waals surface area contributed by atoms with Crippen molar-refractivity contribution >= 4 is 33.1 Å². The summed E-state index contributed by atoms with van der Waals surface area (Å²) in [6.07, 6.45) is 20.1. The van der Waals surface area contributed by atoms with Gasteiger partial charge in [0.15, 0.2) is 11.5 Å². The number of aliphatic hydroxyl groups excluding tert-OH is 3. The topological polar surface area (TPSA) is 171 Å². The number of allylic oxidation sites excluding steroid dienone is 2. The van der Waals surface area contributed by atoms with Gasteiger partial charge >= 0.3 is 0 Å². The fraction of sp³-hybridized carbons (Fsp3) is 0.564. The summed E-state index contributed by atoms with van der Waals surface area (Å²) in [6, 6.07) is 5.74. The number of carbonyl (C=O) groups is 1. The largest absolute Gasteiger partial charge is 0.508 e. The summed E-state index contributed by atoms with van der Waals surface area (Å²) in [5.74, 6) is 12.5. The third kappa shape index (κ3) is 7.70. The number of hydrogen-bond acceptors (Lipinski definition) is 12. The molecule has 0 aromatic heterocycles. The number of carbonyl (C=O) groups excluding carboxylic acids is 1. The Balaban J connectivity index is 0.942. The SMILES string of the molecule is N[C@@H]1NC[C@@]23CC[C@H]4C5=CN=C6C[NH+](C=C56)[C@H]5Oc6c(cc(O)c(CCC(=O)C[C@H](O)[C@@H]7C=C[C@@H](C8CCCCC8)C[C@H]7O)c6CSSC2)OC#CC2(CCCC2)[C@H]5C#C[C@H](O)c2ccc1c3c24. The highest BCUT2D eigenvalue weighted by Crippen LogP contribution is 2.56. The molecule has 0 saturated heterocycles. The zero-order chi connectivity index (χ0) is 46.3. The minimum atomic E-state index is -1.07. The highest BCUT2D eigenvalue weighted by atomic mass is 33.1. The molecule has 11 nitrogen and oxygen atoms in total. The Morgan fingerprint density at radius 1 is 1.04 bits per heavy atom. The van der Waals surface area contributed by atoms with Crippen LogP contribution in [0.15, 0.2) is 58.9 Å². The van der Waals surface area contributed by atoms with Crippen molar-refractivity contribution in [3.63, 3.8) is 0 Å². The molecule has 356 valence electrons. The van der Waals surface area contributed by atoms with Crippen molar-refractivity contribution in [3.05, 3.63) is 87.3 Å². The lowest BCUT2D eigenvalue weighted by atomic mass is 9.61. The number of Topliss-reactive ketones (excluding diaryl/α,β-unsaturated/α-hetero) is 1. The van der Waals surface area contributed by atoms with Crippen LogP contribution in [0.1, 0.15) is 141 Å². The highest BCUT2D eigenvalue weighted by Gasteiger charge is 2.54. The molecule has 68 heavy (non-hydrogen) atoms. The van der Waals surface area contributed by atoms with E-state index in [9.17, 15) is 25.2 Å². The second-order valence-electron chi connectivity index (χ2n) is 21.5. The Hall–Kier alpha value is -4.02. The van der Waals surface area contributed by atoms with Gasteiger partial charge in [-0.1, -0.05) is 95.7 Å². The van der Waals surface area contributed by atoms with Gasteiger partial charge in [0.25, 0.3) is 6.23 Å². The Bertz CT molecular complexity index is 2660. The zero-order valence-corrected chi connectivity index (χ0v) is 40.2. The number of nitrogens with one attached hydrogen (secondary N) is 2. The summed E-state index contributed by atoms with van der Waals surface area (Å²) in [5, 5.41) is 50.8. The third-order valence-electron chi connectivity index (χ3n) is 17.7. The van der Waals surface area contributed by atoms with Gasteiger partial charge in [-0.15, -0.1) is 0 Å². The molecule has 13 heteroatoms. The Labute approximate surface area is 407 Å². The summed E-state index contributed by atoms with van der Waals surface area (Å²) in [7, 11) is 3.47. The van der Waals surface area contributed by atoms with E-state index in [0.717, 1.165) is 82.7 Å². The lowest BCUT2D eigenvalue weighted by molar-refractivity contribution is -0.888. The average molecular weight is 956 g/mol. The van der Waals surface area contributed by atoms with Gasteiger partial charge in [0, 0.05) is 71.5 Å². The minimum Gasteiger partial charge on any atom is -0.508 e. The van der Waals surface area contributed by atoms with Crippen LogP contribution in [0, 0.1) is 53.0 Å². The van der Waals surface area contributed by atoms with Crippen molar-refractivity contribution in [1.82, 2.24) is 5.32 Å². The maximum Gasteiger partial charge on any atom is 0.252 e. The smallest absolute Gasteiger partial charge is 0.252 e. The van der Waals surface area contributed by atoms with Crippen molar-refractivity contribution in [3.8, 4) is 41.1 Å². The molecule has 12 aliphatic rings. The monoisotopic (exact) mass is 955 g/mol. The van der Waals surface area contributed by atoms with Crippen LogP contribution in [-0.2, 0) is 22.4 Å². The summed E-state index contributed by atoms with van der Waals surface area (Å²) >= 11 is 0. The number of nitrogens with zero attached hydrogens (tertiary/aromatic N) is 1. The molecule has 2 saturated carbocycles. The van der Waals surface area contributed by atoms with E-state index in [1.165, 1.54) is 43.2 Å². The maximum absolute atomic E-state index is 13.9. The molecule has 0 radical (unpaired) electrons. The van der Waals surface area contributed by atoms with E-state index in [0.29, 0.717) is 54.2 Å². The van der Waals surface area contributed by atoms with Crippen LogP contribution in [0.4, 0.5) is 0 Å². The van der Waals surface area contributed by atoms with E-state index in [1.54, 1.807) is 27.7 Å². The number of aliphatic hydroxyl groups is 3. The predicted molar refractivity (Wildman–Crippen MR) is 264 cm³/mol. The third-order valence-corrected chi connectivity index (χ3v) is 20.1. The maximum atomic E-state index is 13.9. The van der Waals surface area contributed by atoms with Gasteiger partial charge in [-0.25, -0.2) is 0 Å². The van der Waals surface area contributed by atoms with Crippen molar-refractivity contribution in [2.24, 2.45) is 39.8 Å². The quantitative estimate of drug-likeness (QED) is 0.0925. The number of benzene rings is 2. The molecule has 8 aliphatic heterocycles. The molecule has 10 bridgehead atoms. The van der Waals surface area contributed by atoms with Crippen LogP contribution < -0.4 is 25.4 Å². The Morgan fingerprint density at radius 3 is 2.72 bits per heavy atom. The van der Waals surface area contributed by atoms with Crippen molar-refractivity contribution < 1.29 is 39.6 Å². The molecule has 2 aromatic rings. The zero-order valence-electron chi connectivity index (χ0n) is 38.6. The van der Waals surface area contributed by atoms with Gasteiger partial charge in [0.2, 0.25) is 0 Å². The first-order chi connectivity index (χ1) is 33.1. The lowest BCUT2D eigenvalue weighted by Crippen LogP contribution is -3.13. The van der Waals surface area contributed by atoms with E-state index in [1.807, 2.05) is 6.08 Å². The molecule has 14 rings (SSSR count). The first-order valence-electron chi connectivity index (χ1n) is 25.3. The molecule has 0 amide bonds. The summed E-state index contributed by atoms with van der Waals surface area (Å²) in [5.41, 5.74) is 14.9. The van der Waals surface area contributed by atoms with Gasteiger partial charge in [-0.2, -0.15) is 0 Å². The van der Waals surface area contributed by atoms with Crippen molar-refractivity contribution in [2.45, 2.75) is 144 Å². The average Bonchev–Trinajstić information content (AvgIpc) is 4.10. The summed E-state index contributed by atoms with van der Waals surface area (Å²) < 4.78 is 13.9. The number of quaternary nitrogens is 1. The number of phenols is 1. The van der Waals surface area contributed by atoms with Gasteiger partial charge in [0.1, 0.15) is 48.1 Å². The van der Waals surface area contributed by atoms with E-state index in [2.05, 4.69) is 59.8 Å². The standard InChI is InChI=1S/C55H62N4O7S2/c56-52-38-13-12-37-44(61)15-14-42-53-59-26-40-39(25-57-43(40)27-59)35-16-19-55(29-58-52,50(38)49(35)37)30-68-67-28-41-34(47(64)24-48(51(41)66-53)65-21-20-54(42)17-4-5-18-54)11-9-33(60)23-46(63)36-10-8-32(22-45(36)62)31-6-2-1-3-7-31/h8,10,12-13,24-26,31-32,35-36,42,44-46,52-53,58,61-64H,1-7,9,11,16-19,22-23,27-30,56H2/p+1/t32-,35+,36-,42+,44+,45-,46+,52-,53+,55+/m1/s1. The fourth-order valence-electron chi connectivity index (χ4n) is 14.0. The van der Waals surface area contributed by atoms with E-state index >= 15 is 0 Å². The number of hydrogen-bond donors (Lipinski definition) is 7. The number of phenolic OH excluding ortho intramolecular Hbond substituents is 1. The summed E-state index contributed by atoms with van der Waals surface area (Å²) in [6.45, 7) is 1.27. The second kappa shape index (κ2) is 18.0. The van der Waals surface area contributed by atoms with Crippen LogP contribution in [0.25, 0.3) is 0 Å². The van der Waals surface area contributed by atoms with Crippen LogP contribution in [0.2, 0.25) is 0 Å². The number of aliphatic imine (C=N–C) groups is 1. The van der Waals surface area contributed by atoms with Crippen LogP contribution in [0.5, 0.6) is 17.2 Å². The van der Waals surface area contributed by atoms with E-state index in [4.69, 9.17) is 20.2 Å². The van der Waals surface area contributed by atoms with Crippen molar-refractivity contribution in [1.29, 1.82) is 0 Å². The van der Waals surface area contributed by atoms with Crippen LogP contribution >= 0.6 is 21.6 Å². The normalized spacial score (nSPS) is 34.3. The predicted octanol–water partition coefficient (Wildman–Crippen LogP) is 6.46. The second-order valence-corrected chi connectivity index (χ2v) is 23.9. The summed E-state index contributed by atoms with van der Waals surface area (Å²) in [4.78, 5) is 20.1. The number of rotatable bonds is 7. The molecule has 8 heterocycles. The molecular formula is C55H63N4O7S2+. The molecular weight excluding hydrogens is 893 g/mol. The molecule has 4 aliphatic carbocycles. The highest BCUT2D eigenvalue weighted by molar-refractivity contribution is 8.76. The number of aromatic hydroxyl groups is 1. The molecule has 2 fully saturated rings. The number of ketones is 1. The molecule has 2 spiro atoms. The van der Waals surface area contributed by atoms with Gasteiger partial charge < -0.3 is 35.6 Å². The van der Waals surface area contributed by atoms with E-state index in [-0.39, 0.29) is 48.3 Å². The minimum absolute atomic E-state index is 0.0000699. The van der Waals surface area contributed by atoms with Gasteiger partial charge in [-0.05, 0) is 91.0 Å². The fourth-order valence-corrected chi connectivity index (χ4v) is 16.8. The Kier molecular flexibility index (Phi) is 11.9. The molecule has 11 atom stereocenters. The van der Waals surface area contributed by atoms with Crippen molar-refractivity contribution in [2.75, 3.05) is 18.8 Å². The van der Waals surface area contributed by atoms with E-state index < -0.39 is 41.8 Å². The van der Waals surface area contributed by atoms with Crippen LogP contribution in [0.3, 0.4) is 0 Å². The number of fused-ring (bicyclic) bond motifs is 2. The van der Waals surface area contributed by atoms with Crippen LogP contribution in [-0.4, -0.2) is 69.2 Å². The molecule has 8 N–H and O–H groups in total. The van der Waals surface area contributed by atoms with Gasteiger partial charge in [0.05, 0.1) is 29.4 Å². The molecule has 1 unspecified atom stereocenters. The van der Waals surface area contributed by atoms with Gasteiger partial charge in [-0.3, -0.25) is 20.0 Å². The molecule has 2 aromatic carbocycles.